The molecule has 0 saturated carbocycles. The topological polar surface area (TPSA) is 20.2 Å². The number of hydrogen-bond donors (Lipinski definition) is 1. The van der Waals surface area contributed by atoms with Crippen molar-refractivity contribution in [1.29, 1.82) is 0 Å². The number of rotatable bonds is 1. The molecular formula is C7H6OSe2. The Balaban J connectivity index is 3.15. The molecule has 0 aliphatic rings. The summed E-state index contributed by atoms with van der Waals surface area (Å²) in [5.41, 5.74) is 0.850. The van der Waals surface area contributed by atoms with Crippen LogP contribution in [0.1, 0.15) is 5.56 Å². The Bertz CT molecular complexity index is 258. The van der Waals surface area contributed by atoms with Gasteiger partial charge in [0, 0.05) is 0 Å². The predicted molar refractivity (Wildman–Crippen MR) is 45.1 cm³/mol. The van der Waals surface area contributed by atoms with Gasteiger partial charge in [-0.15, -0.1) is 0 Å². The monoisotopic (exact) mass is 266 g/mol. The summed E-state index contributed by atoms with van der Waals surface area (Å²) in [6, 6.07) is 7.22. The van der Waals surface area contributed by atoms with Gasteiger partial charge in [-0.2, -0.15) is 0 Å². The number of aromatic hydroxyl groups is 1. The quantitative estimate of drug-likeness (QED) is 0.704. The van der Waals surface area contributed by atoms with Crippen molar-refractivity contribution >= 4 is 34.9 Å². The first-order valence-electron chi connectivity index (χ1n) is 2.73. The average Bonchev–Trinajstić information content (AvgIpc) is 1.88. The van der Waals surface area contributed by atoms with Gasteiger partial charge in [-0.3, -0.25) is 0 Å². The molecule has 0 amide bonds. The molecule has 1 nitrogen and oxygen atoms in total. The van der Waals surface area contributed by atoms with E-state index in [0.29, 0.717) is 5.75 Å². The molecule has 0 atom stereocenters. The van der Waals surface area contributed by atoms with Gasteiger partial charge in [-0.25, -0.2) is 0 Å². The van der Waals surface area contributed by atoms with E-state index in [1.54, 1.807) is 12.1 Å². The third kappa shape index (κ3) is 1.71. The van der Waals surface area contributed by atoms with Crippen molar-refractivity contribution in [3.8, 4) is 5.75 Å². The average molecular weight is 264 g/mol. The van der Waals surface area contributed by atoms with Crippen LogP contribution in [0.15, 0.2) is 24.3 Å². The van der Waals surface area contributed by atoms with Gasteiger partial charge < -0.3 is 0 Å². The van der Waals surface area contributed by atoms with E-state index < -0.39 is 0 Å². The summed E-state index contributed by atoms with van der Waals surface area (Å²) in [5, 5.41) is 9.23. The fourth-order valence-electron chi connectivity index (χ4n) is 0.654. The van der Waals surface area contributed by atoms with Gasteiger partial charge in [-0.05, 0) is 0 Å². The van der Waals surface area contributed by atoms with Crippen LogP contribution in [0.3, 0.4) is 0 Å². The van der Waals surface area contributed by atoms with E-state index in [1.165, 1.54) is 0 Å². The fraction of sp³-hybridized carbons (Fsp3) is 0. The third-order valence-electron chi connectivity index (χ3n) is 1.13. The molecule has 10 heavy (non-hydrogen) atoms. The molecule has 0 bridgehead atoms. The zero-order valence-corrected chi connectivity index (χ0v) is 8.70. The second kappa shape index (κ2) is 3.36. The number of phenolic OH excluding ortho intramolecular Hbond substituents is 1. The molecule has 1 aromatic carbocycles. The van der Waals surface area contributed by atoms with Crippen LogP contribution < -0.4 is 0 Å². The Labute approximate surface area is 75.6 Å². The van der Waals surface area contributed by atoms with Gasteiger partial charge in [0.25, 0.3) is 0 Å². The number of phenols is 1. The predicted octanol–water partition coefficient (Wildman–Crippen LogP) is -0.0605. The zero-order chi connectivity index (χ0) is 7.56. The van der Waals surface area contributed by atoms with Crippen molar-refractivity contribution in [3.63, 3.8) is 0 Å². The first-order chi connectivity index (χ1) is 4.72. The molecule has 52 valence electrons. The van der Waals surface area contributed by atoms with E-state index in [-0.39, 0.29) is 0 Å². The molecule has 0 spiro atoms. The van der Waals surface area contributed by atoms with Crippen LogP contribution in [0.4, 0.5) is 0 Å². The minimum absolute atomic E-state index is 0.317. The van der Waals surface area contributed by atoms with E-state index in [0.717, 1.165) is 8.88 Å². The normalized spacial score (nSPS) is 9.30. The summed E-state index contributed by atoms with van der Waals surface area (Å²) in [5.74, 6) is 0.317. The van der Waals surface area contributed by atoms with Gasteiger partial charge >= 0.3 is 75.6 Å². The van der Waals surface area contributed by atoms with Crippen molar-refractivity contribution in [2.24, 2.45) is 0 Å². The van der Waals surface area contributed by atoms with Gasteiger partial charge in [0.15, 0.2) is 0 Å². The molecule has 0 unspecified atom stereocenters. The molecule has 1 aromatic rings. The number of hydrogen-bond acceptors (Lipinski definition) is 1. The number of para-hydroxylation sites is 1. The Morgan fingerprint density at radius 1 is 1.40 bits per heavy atom. The van der Waals surface area contributed by atoms with E-state index in [2.05, 4.69) is 31.6 Å². The Kier molecular flexibility index (Phi) is 2.70. The van der Waals surface area contributed by atoms with Gasteiger partial charge in [0.05, 0.1) is 0 Å². The first-order valence-corrected chi connectivity index (χ1v) is 4.52. The Hall–Kier alpha value is -0.0710. The maximum absolute atomic E-state index is 9.23. The first kappa shape index (κ1) is 8.03. The van der Waals surface area contributed by atoms with E-state index in [9.17, 15) is 5.11 Å². The second-order valence-electron chi connectivity index (χ2n) is 1.82. The Morgan fingerprint density at radius 3 is 2.40 bits per heavy atom. The summed E-state index contributed by atoms with van der Waals surface area (Å²) < 4.78 is 0.950. The fourth-order valence-corrected chi connectivity index (χ4v) is 1.41. The summed E-state index contributed by atoms with van der Waals surface area (Å²) in [7, 11) is 0. The maximum atomic E-state index is 9.23. The van der Waals surface area contributed by atoms with Gasteiger partial charge in [0.2, 0.25) is 0 Å². The second-order valence-corrected chi connectivity index (χ2v) is 5.09. The molecule has 0 fully saturated rings. The molecule has 0 heterocycles. The summed E-state index contributed by atoms with van der Waals surface area (Å²) in [6.07, 6.45) is 0. The van der Waals surface area contributed by atoms with Crippen molar-refractivity contribution in [1.82, 2.24) is 0 Å². The van der Waals surface area contributed by atoms with Crippen molar-refractivity contribution in [2.75, 3.05) is 0 Å². The zero-order valence-electron chi connectivity index (χ0n) is 5.11. The SMILES string of the molecule is Oc1ccccc1C(=[Se])[SeH]. The van der Waals surface area contributed by atoms with Crippen LogP contribution in [-0.4, -0.2) is 40.0 Å². The molecular weight excluding hydrogens is 258 g/mol. The molecule has 0 saturated heterocycles. The van der Waals surface area contributed by atoms with Crippen LogP contribution in [-0.2, 0) is 0 Å². The molecule has 1 rings (SSSR count). The molecule has 1 N–H and O–H groups in total. The van der Waals surface area contributed by atoms with Crippen LogP contribution in [0.5, 0.6) is 5.75 Å². The van der Waals surface area contributed by atoms with Crippen molar-refractivity contribution < 1.29 is 5.11 Å². The molecule has 0 aliphatic heterocycles. The molecule has 3 heteroatoms. The van der Waals surface area contributed by atoms with Crippen LogP contribution in [0, 0.1) is 0 Å². The summed E-state index contributed by atoms with van der Waals surface area (Å²) >= 11 is 5.19. The third-order valence-corrected chi connectivity index (χ3v) is 2.10. The van der Waals surface area contributed by atoms with E-state index in [1.807, 2.05) is 12.1 Å². The van der Waals surface area contributed by atoms with Crippen LogP contribution in [0.25, 0.3) is 0 Å². The summed E-state index contributed by atoms with van der Waals surface area (Å²) in [6.45, 7) is 0. The molecule has 0 aliphatic carbocycles. The standard InChI is InChI=1S/C7H6OSe2/c8-6-4-2-1-3-5(6)7(9)10/h1-4,8H,(H,9,10). The van der Waals surface area contributed by atoms with Crippen LogP contribution >= 0.6 is 0 Å². The minimum atomic E-state index is 0.317. The number of benzene rings is 1. The molecule has 0 radical (unpaired) electrons. The van der Waals surface area contributed by atoms with Crippen molar-refractivity contribution in [2.45, 2.75) is 0 Å². The van der Waals surface area contributed by atoms with E-state index in [4.69, 9.17) is 0 Å². The summed E-state index contributed by atoms with van der Waals surface area (Å²) in [4.78, 5) is 0. The Morgan fingerprint density at radius 2 is 2.00 bits per heavy atom. The van der Waals surface area contributed by atoms with Crippen molar-refractivity contribution in [3.05, 3.63) is 29.8 Å². The van der Waals surface area contributed by atoms with Crippen LogP contribution in [0.2, 0.25) is 0 Å². The van der Waals surface area contributed by atoms with Gasteiger partial charge in [0.1, 0.15) is 0 Å². The molecule has 0 aromatic heterocycles. The van der Waals surface area contributed by atoms with E-state index >= 15 is 0 Å². The van der Waals surface area contributed by atoms with Gasteiger partial charge in [-0.1, -0.05) is 0 Å².